The van der Waals surface area contributed by atoms with Crippen LogP contribution in [0, 0.1) is 5.92 Å². The lowest BCUT2D eigenvalue weighted by Gasteiger charge is -2.24. The van der Waals surface area contributed by atoms with Gasteiger partial charge in [-0.3, -0.25) is 4.79 Å². The zero-order chi connectivity index (χ0) is 17.6. The van der Waals surface area contributed by atoms with Gasteiger partial charge < -0.3 is 19.9 Å². The van der Waals surface area contributed by atoms with Crippen molar-refractivity contribution in [2.75, 3.05) is 13.7 Å². The Hall–Kier alpha value is -2.24. The Kier molecular flexibility index (Phi) is 6.42. The molecule has 1 unspecified atom stereocenters. The van der Waals surface area contributed by atoms with Crippen LogP contribution in [0.3, 0.4) is 0 Å². The summed E-state index contributed by atoms with van der Waals surface area (Å²) in [5.74, 6) is -0.188. The summed E-state index contributed by atoms with van der Waals surface area (Å²) in [4.78, 5) is 23.6. The summed E-state index contributed by atoms with van der Waals surface area (Å²) in [5.41, 5.74) is -0.989. The van der Waals surface area contributed by atoms with Gasteiger partial charge in [0, 0.05) is 5.56 Å². The summed E-state index contributed by atoms with van der Waals surface area (Å²) in [7, 11) is 1.49. The Labute approximate surface area is 136 Å². The first kappa shape index (κ1) is 18.8. The van der Waals surface area contributed by atoms with Crippen molar-refractivity contribution >= 4 is 11.9 Å². The summed E-state index contributed by atoms with van der Waals surface area (Å²) in [6, 6.07) is 4.79. The van der Waals surface area contributed by atoms with Crippen LogP contribution in [-0.4, -0.2) is 36.2 Å². The van der Waals surface area contributed by atoms with Gasteiger partial charge in [0.2, 0.25) is 0 Å². The number of benzene rings is 1. The van der Waals surface area contributed by atoms with Crippen LogP contribution in [0.1, 0.15) is 44.5 Å². The van der Waals surface area contributed by atoms with Gasteiger partial charge in [-0.15, -0.1) is 0 Å². The van der Waals surface area contributed by atoms with E-state index in [-0.39, 0.29) is 6.42 Å². The average molecular weight is 323 g/mol. The molecule has 6 heteroatoms. The maximum absolute atomic E-state index is 12.3. The minimum atomic E-state index is -1.31. The number of hydrogen-bond donors (Lipinski definition) is 2. The van der Waals surface area contributed by atoms with Crippen LogP contribution in [0.5, 0.6) is 11.5 Å². The molecule has 1 rings (SSSR count). The number of carboxylic acid groups (broad SMARTS) is 1. The van der Waals surface area contributed by atoms with E-state index in [1.54, 1.807) is 25.1 Å². The number of carbonyl (C=O) groups excluding carboxylic acids is 1. The Balaban J connectivity index is 2.96. The van der Waals surface area contributed by atoms with Gasteiger partial charge in [-0.25, -0.2) is 4.79 Å². The number of aliphatic carboxylic acids is 1. The molecule has 0 saturated carbocycles. The maximum Gasteiger partial charge on any atom is 0.329 e. The van der Waals surface area contributed by atoms with Gasteiger partial charge in [0.25, 0.3) is 5.91 Å². The number of rotatable bonds is 8. The van der Waals surface area contributed by atoms with Crippen LogP contribution in [0.4, 0.5) is 0 Å². The van der Waals surface area contributed by atoms with Crippen LogP contribution >= 0.6 is 0 Å². The summed E-state index contributed by atoms with van der Waals surface area (Å²) in [5, 5.41) is 11.8. The van der Waals surface area contributed by atoms with Crippen LogP contribution in [-0.2, 0) is 4.79 Å². The molecule has 0 spiro atoms. The number of hydrogen-bond acceptors (Lipinski definition) is 4. The van der Waals surface area contributed by atoms with Crippen molar-refractivity contribution in [3.05, 3.63) is 23.8 Å². The second kappa shape index (κ2) is 7.85. The van der Waals surface area contributed by atoms with Crippen LogP contribution < -0.4 is 14.8 Å². The number of amides is 1. The Bertz CT molecular complexity index is 570. The molecule has 0 fully saturated rings. The minimum Gasteiger partial charge on any atom is -0.493 e. The molecule has 0 radical (unpaired) electrons. The van der Waals surface area contributed by atoms with E-state index >= 15 is 0 Å². The Morgan fingerprint density at radius 2 is 1.96 bits per heavy atom. The van der Waals surface area contributed by atoms with E-state index in [4.69, 9.17) is 9.47 Å². The second-order valence-corrected chi connectivity index (χ2v) is 6.02. The molecule has 128 valence electrons. The molecule has 0 bridgehead atoms. The van der Waals surface area contributed by atoms with E-state index in [2.05, 4.69) is 5.32 Å². The molecule has 0 aromatic heterocycles. The van der Waals surface area contributed by atoms with Gasteiger partial charge in [0.1, 0.15) is 5.54 Å². The summed E-state index contributed by atoms with van der Waals surface area (Å²) in [6.07, 6.45) is 0.279. The molecule has 23 heavy (non-hydrogen) atoms. The highest BCUT2D eigenvalue weighted by molar-refractivity contribution is 5.98. The van der Waals surface area contributed by atoms with Gasteiger partial charge in [0.15, 0.2) is 11.5 Å². The molecule has 0 aliphatic carbocycles. The fourth-order valence-corrected chi connectivity index (χ4v) is 1.80. The zero-order valence-electron chi connectivity index (χ0n) is 14.3. The fraction of sp³-hybridized carbons (Fsp3) is 0.529. The monoisotopic (exact) mass is 323 g/mol. The van der Waals surface area contributed by atoms with Crippen molar-refractivity contribution in [3.63, 3.8) is 0 Å². The molecule has 6 nitrogen and oxygen atoms in total. The maximum atomic E-state index is 12.3. The lowest BCUT2D eigenvalue weighted by atomic mass is 9.98. The van der Waals surface area contributed by atoms with E-state index < -0.39 is 17.4 Å². The summed E-state index contributed by atoms with van der Waals surface area (Å²) < 4.78 is 10.9. The van der Waals surface area contributed by atoms with Crippen molar-refractivity contribution < 1.29 is 24.2 Å². The van der Waals surface area contributed by atoms with E-state index in [1.807, 2.05) is 13.8 Å². The molecular weight excluding hydrogens is 298 g/mol. The van der Waals surface area contributed by atoms with E-state index in [1.165, 1.54) is 14.0 Å². The van der Waals surface area contributed by atoms with Gasteiger partial charge >= 0.3 is 5.97 Å². The first-order chi connectivity index (χ1) is 10.7. The lowest BCUT2D eigenvalue weighted by Crippen LogP contribution is -2.51. The predicted molar refractivity (Wildman–Crippen MR) is 87.1 cm³/mol. The van der Waals surface area contributed by atoms with Crippen molar-refractivity contribution in [3.8, 4) is 11.5 Å². The average Bonchev–Trinajstić information content (AvgIpc) is 2.52. The SMILES string of the molecule is CCC(C)(NC(=O)c1ccc(OCC(C)C)c(OC)c1)C(=O)O. The topological polar surface area (TPSA) is 84.9 Å². The smallest absolute Gasteiger partial charge is 0.329 e. The first-order valence-corrected chi connectivity index (χ1v) is 7.60. The number of nitrogens with one attached hydrogen (secondary N) is 1. The highest BCUT2D eigenvalue weighted by Gasteiger charge is 2.33. The van der Waals surface area contributed by atoms with Crippen LogP contribution in [0.2, 0.25) is 0 Å². The van der Waals surface area contributed by atoms with Gasteiger partial charge in [-0.2, -0.15) is 0 Å². The van der Waals surface area contributed by atoms with Crippen LogP contribution in [0.15, 0.2) is 18.2 Å². The number of carbonyl (C=O) groups is 2. The standard InChI is InChI=1S/C17H25NO5/c1-6-17(4,16(20)21)18-15(19)12-7-8-13(14(9-12)22-5)23-10-11(2)3/h7-9,11H,6,10H2,1-5H3,(H,18,19)(H,20,21). The molecule has 1 aromatic rings. The van der Waals surface area contributed by atoms with E-state index in [0.29, 0.717) is 29.6 Å². The predicted octanol–water partition coefficient (Wildman–Crippen LogP) is 2.71. The molecular formula is C17H25NO5. The van der Waals surface area contributed by atoms with E-state index in [0.717, 1.165) is 0 Å². The third-order valence-electron chi connectivity index (χ3n) is 3.57. The minimum absolute atomic E-state index is 0.279. The second-order valence-electron chi connectivity index (χ2n) is 6.02. The van der Waals surface area contributed by atoms with Crippen molar-refractivity contribution in [1.29, 1.82) is 0 Å². The summed E-state index contributed by atoms with van der Waals surface area (Å²) >= 11 is 0. The molecule has 2 N–H and O–H groups in total. The quantitative estimate of drug-likeness (QED) is 0.768. The fourth-order valence-electron chi connectivity index (χ4n) is 1.80. The van der Waals surface area contributed by atoms with Crippen molar-refractivity contribution in [1.82, 2.24) is 5.32 Å². The molecule has 1 atom stereocenters. The normalized spacial score (nSPS) is 13.3. The highest BCUT2D eigenvalue weighted by atomic mass is 16.5. The largest absolute Gasteiger partial charge is 0.493 e. The summed E-state index contributed by atoms with van der Waals surface area (Å²) in [6.45, 7) is 7.79. The molecule has 0 saturated heterocycles. The molecule has 0 aliphatic heterocycles. The number of ether oxygens (including phenoxy) is 2. The highest BCUT2D eigenvalue weighted by Crippen LogP contribution is 2.28. The van der Waals surface area contributed by atoms with Gasteiger partial charge in [-0.05, 0) is 37.5 Å². The first-order valence-electron chi connectivity index (χ1n) is 7.60. The van der Waals surface area contributed by atoms with Crippen LogP contribution in [0.25, 0.3) is 0 Å². The molecule has 0 heterocycles. The third-order valence-corrected chi connectivity index (χ3v) is 3.57. The van der Waals surface area contributed by atoms with Gasteiger partial charge in [-0.1, -0.05) is 20.8 Å². The molecule has 1 amide bonds. The van der Waals surface area contributed by atoms with Gasteiger partial charge in [0.05, 0.1) is 13.7 Å². The Morgan fingerprint density at radius 1 is 1.30 bits per heavy atom. The van der Waals surface area contributed by atoms with Crippen molar-refractivity contribution in [2.45, 2.75) is 39.7 Å². The van der Waals surface area contributed by atoms with Crippen molar-refractivity contribution in [2.24, 2.45) is 5.92 Å². The number of methoxy groups -OCH3 is 1. The number of carboxylic acids is 1. The Morgan fingerprint density at radius 3 is 2.43 bits per heavy atom. The third kappa shape index (κ3) is 4.87. The molecule has 0 aliphatic rings. The molecule has 1 aromatic carbocycles. The van der Waals surface area contributed by atoms with E-state index in [9.17, 15) is 14.7 Å². The lowest BCUT2D eigenvalue weighted by molar-refractivity contribution is -0.143. The zero-order valence-corrected chi connectivity index (χ0v) is 14.3.